The number of nitrogens with zero attached hydrogens (tertiary/aromatic N) is 1. The Balaban J connectivity index is 1.76. The van der Waals surface area contributed by atoms with Gasteiger partial charge in [0.15, 0.2) is 5.17 Å². The number of aliphatic imine (C=N–C) groups is 1. The SMILES string of the molecule is CCC1CSC(=NCC2CC2)N1. The van der Waals surface area contributed by atoms with Crippen molar-refractivity contribution in [3.63, 3.8) is 0 Å². The molecule has 0 aromatic heterocycles. The number of thioether (sulfide) groups is 1. The Hall–Kier alpha value is -0.180. The maximum atomic E-state index is 4.55. The molecule has 0 spiro atoms. The molecule has 2 nitrogen and oxygen atoms in total. The third-order valence-electron chi connectivity index (χ3n) is 2.43. The summed E-state index contributed by atoms with van der Waals surface area (Å²) in [6.07, 6.45) is 4.02. The third-order valence-corrected chi connectivity index (χ3v) is 3.52. The molecule has 0 amide bonds. The Labute approximate surface area is 78.2 Å². The first kappa shape index (κ1) is 8.42. The van der Waals surface area contributed by atoms with Crippen molar-refractivity contribution >= 4 is 16.9 Å². The first-order chi connectivity index (χ1) is 5.88. The van der Waals surface area contributed by atoms with Gasteiger partial charge in [0.2, 0.25) is 0 Å². The summed E-state index contributed by atoms with van der Waals surface area (Å²) in [5, 5.41) is 4.63. The monoisotopic (exact) mass is 184 g/mol. The molecule has 0 aromatic carbocycles. The molecule has 1 atom stereocenters. The van der Waals surface area contributed by atoms with Gasteiger partial charge in [0.1, 0.15) is 0 Å². The molecule has 0 aromatic rings. The van der Waals surface area contributed by atoms with E-state index in [0.717, 1.165) is 12.5 Å². The van der Waals surface area contributed by atoms with E-state index >= 15 is 0 Å². The van der Waals surface area contributed by atoms with Crippen molar-refractivity contribution in [1.29, 1.82) is 0 Å². The lowest BCUT2D eigenvalue weighted by Crippen LogP contribution is -2.25. The van der Waals surface area contributed by atoms with Crippen LogP contribution < -0.4 is 5.32 Å². The first-order valence-electron chi connectivity index (χ1n) is 4.82. The van der Waals surface area contributed by atoms with Gasteiger partial charge in [-0.25, -0.2) is 0 Å². The van der Waals surface area contributed by atoms with Crippen LogP contribution in [0.3, 0.4) is 0 Å². The largest absolute Gasteiger partial charge is 0.361 e. The summed E-state index contributed by atoms with van der Waals surface area (Å²) >= 11 is 1.88. The van der Waals surface area contributed by atoms with Crippen molar-refractivity contribution in [2.24, 2.45) is 10.9 Å². The van der Waals surface area contributed by atoms with E-state index in [9.17, 15) is 0 Å². The summed E-state index contributed by atoms with van der Waals surface area (Å²) in [6.45, 7) is 3.29. The summed E-state index contributed by atoms with van der Waals surface area (Å²) in [4.78, 5) is 4.55. The minimum absolute atomic E-state index is 0.674. The van der Waals surface area contributed by atoms with Gasteiger partial charge >= 0.3 is 0 Å². The van der Waals surface area contributed by atoms with E-state index < -0.39 is 0 Å². The van der Waals surface area contributed by atoms with Crippen LogP contribution in [0.5, 0.6) is 0 Å². The van der Waals surface area contributed by atoms with Crippen LogP contribution in [0.25, 0.3) is 0 Å². The van der Waals surface area contributed by atoms with E-state index in [2.05, 4.69) is 17.2 Å². The molecule has 1 saturated carbocycles. The number of hydrogen-bond donors (Lipinski definition) is 1. The van der Waals surface area contributed by atoms with Crippen molar-refractivity contribution < 1.29 is 0 Å². The Morgan fingerprint density at radius 3 is 3.00 bits per heavy atom. The summed E-state index contributed by atoms with van der Waals surface area (Å²) in [6, 6.07) is 0.674. The molecular formula is C9H16N2S. The fourth-order valence-electron chi connectivity index (χ4n) is 1.26. The zero-order valence-corrected chi connectivity index (χ0v) is 8.36. The van der Waals surface area contributed by atoms with E-state index in [4.69, 9.17) is 0 Å². The van der Waals surface area contributed by atoms with Crippen molar-refractivity contribution in [2.45, 2.75) is 32.2 Å². The second kappa shape index (κ2) is 3.69. The fraction of sp³-hybridized carbons (Fsp3) is 0.889. The van der Waals surface area contributed by atoms with Crippen molar-refractivity contribution in [3.8, 4) is 0 Å². The van der Waals surface area contributed by atoms with Crippen LogP contribution in [-0.2, 0) is 0 Å². The summed E-state index contributed by atoms with van der Waals surface area (Å²) in [5.41, 5.74) is 0. The lowest BCUT2D eigenvalue weighted by atomic mass is 10.3. The van der Waals surface area contributed by atoms with Gasteiger partial charge < -0.3 is 5.32 Å². The molecule has 1 heterocycles. The molecular weight excluding hydrogens is 168 g/mol. The molecule has 1 saturated heterocycles. The van der Waals surface area contributed by atoms with Crippen LogP contribution in [0.2, 0.25) is 0 Å². The van der Waals surface area contributed by atoms with Gasteiger partial charge in [-0.2, -0.15) is 0 Å². The highest BCUT2D eigenvalue weighted by molar-refractivity contribution is 8.14. The average molecular weight is 184 g/mol. The van der Waals surface area contributed by atoms with Crippen molar-refractivity contribution in [2.75, 3.05) is 12.3 Å². The molecule has 0 radical (unpaired) electrons. The van der Waals surface area contributed by atoms with E-state index in [-0.39, 0.29) is 0 Å². The van der Waals surface area contributed by atoms with E-state index in [1.54, 1.807) is 0 Å². The summed E-state index contributed by atoms with van der Waals surface area (Å²) in [5.74, 6) is 2.13. The van der Waals surface area contributed by atoms with Crippen LogP contribution in [-0.4, -0.2) is 23.5 Å². The van der Waals surface area contributed by atoms with Crippen LogP contribution in [0.1, 0.15) is 26.2 Å². The normalized spacial score (nSPS) is 32.4. The number of hydrogen-bond acceptors (Lipinski definition) is 2. The molecule has 1 aliphatic heterocycles. The summed E-state index contributed by atoms with van der Waals surface area (Å²) < 4.78 is 0. The average Bonchev–Trinajstić information content (AvgIpc) is 2.81. The van der Waals surface area contributed by atoms with Gasteiger partial charge in [0.05, 0.1) is 0 Å². The van der Waals surface area contributed by atoms with Crippen LogP contribution in [0.4, 0.5) is 0 Å². The Morgan fingerprint density at radius 1 is 1.58 bits per heavy atom. The van der Waals surface area contributed by atoms with Gasteiger partial charge in [0, 0.05) is 18.3 Å². The standard InChI is InChI=1S/C9H16N2S/c1-2-8-6-12-9(11-8)10-5-7-3-4-7/h7-8H,2-6H2,1H3,(H,10,11). The highest BCUT2D eigenvalue weighted by atomic mass is 32.2. The van der Waals surface area contributed by atoms with Crippen LogP contribution in [0, 0.1) is 5.92 Å². The molecule has 2 rings (SSSR count). The van der Waals surface area contributed by atoms with E-state index in [1.807, 2.05) is 11.8 Å². The zero-order chi connectivity index (χ0) is 8.39. The second-order valence-corrected chi connectivity index (χ2v) is 4.66. The lowest BCUT2D eigenvalue weighted by Gasteiger charge is -2.04. The quantitative estimate of drug-likeness (QED) is 0.724. The molecule has 0 bridgehead atoms. The molecule has 68 valence electrons. The van der Waals surface area contributed by atoms with E-state index in [0.29, 0.717) is 6.04 Å². The number of nitrogens with one attached hydrogen (secondary N) is 1. The minimum atomic E-state index is 0.674. The van der Waals surface area contributed by atoms with E-state index in [1.165, 1.54) is 30.2 Å². The zero-order valence-electron chi connectivity index (χ0n) is 7.55. The van der Waals surface area contributed by atoms with Gasteiger partial charge in [-0.1, -0.05) is 18.7 Å². The predicted molar refractivity (Wildman–Crippen MR) is 54.7 cm³/mol. The predicted octanol–water partition coefficient (Wildman–Crippen LogP) is 1.87. The number of amidine groups is 1. The maximum Gasteiger partial charge on any atom is 0.156 e. The van der Waals surface area contributed by atoms with Crippen molar-refractivity contribution in [3.05, 3.63) is 0 Å². The molecule has 2 fully saturated rings. The first-order valence-corrected chi connectivity index (χ1v) is 5.81. The highest BCUT2D eigenvalue weighted by Crippen LogP contribution is 2.29. The topological polar surface area (TPSA) is 24.4 Å². The Morgan fingerprint density at radius 2 is 2.42 bits per heavy atom. The minimum Gasteiger partial charge on any atom is -0.361 e. The fourth-order valence-corrected chi connectivity index (χ4v) is 2.36. The molecule has 1 aliphatic carbocycles. The van der Waals surface area contributed by atoms with Gasteiger partial charge in [-0.3, -0.25) is 4.99 Å². The highest BCUT2D eigenvalue weighted by Gasteiger charge is 2.22. The Kier molecular flexibility index (Phi) is 2.59. The number of rotatable bonds is 3. The van der Waals surface area contributed by atoms with Gasteiger partial charge in [-0.05, 0) is 25.2 Å². The molecule has 1 N–H and O–H groups in total. The summed E-state index contributed by atoms with van der Waals surface area (Å²) in [7, 11) is 0. The Bertz CT molecular complexity index is 187. The van der Waals surface area contributed by atoms with Crippen molar-refractivity contribution in [1.82, 2.24) is 5.32 Å². The lowest BCUT2D eigenvalue weighted by molar-refractivity contribution is 0.665. The van der Waals surface area contributed by atoms with Gasteiger partial charge in [0.25, 0.3) is 0 Å². The van der Waals surface area contributed by atoms with Gasteiger partial charge in [-0.15, -0.1) is 0 Å². The molecule has 12 heavy (non-hydrogen) atoms. The van der Waals surface area contributed by atoms with Crippen LogP contribution >= 0.6 is 11.8 Å². The van der Waals surface area contributed by atoms with Crippen LogP contribution in [0.15, 0.2) is 4.99 Å². The third kappa shape index (κ3) is 2.16. The molecule has 2 aliphatic rings. The maximum absolute atomic E-state index is 4.55. The second-order valence-electron chi connectivity index (χ2n) is 3.65. The smallest absolute Gasteiger partial charge is 0.156 e. The molecule has 1 unspecified atom stereocenters. The molecule has 3 heteroatoms.